The van der Waals surface area contributed by atoms with Gasteiger partial charge in [-0.05, 0) is 12.1 Å². The Bertz CT molecular complexity index is 213. The van der Waals surface area contributed by atoms with Crippen LogP contribution in [0.5, 0.6) is 5.75 Å². The lowest BCUT2D eigenvalue weighted by molar-refractivity contribution is 0.127. The van der Waals surface area contributed by atoms with Crippen LogP contribution in [0.4, 0.5) is 0 Å². The fourth-order valence-electron chi connectivity index (χ4n) is 0.754. The summed E-state index contributed by atoms with van der Waals surface area (Å²) in [5, 5.41) is 9.69. The van der Waals surface area contributed by atoms with Gasteiger partial charge in [-0.25, -0.2) is 0 Å². The lowest BCUT2D eigenvalue weighted by Gasteiger charge is -2.08. The molecule has 1 aromatic carbocycles. The van der Waals surface area contributed by atoms with Crippen LogP contribution in [0.2, 0.25) is 0 Å². The average molecular weight is 231 g/mol. The molecule has 0 spiro atoms. The molecule has 0 heterocycles. The minimum atomic E-state index is -0.440. The van der Waals surface area contributed by atoms with E-state index >= 15 is 0 Å². The van der Waals surface area contributed by atoms with E-state index in [0.717, 1.165) is 5.75 Å². The van der Waals surface area contributed by atoms with Crippen molar-refractivity contribution in [3.63, 3.8) is 0 Å². The molecule has 3 heteroatoms. The molecule has 12 heavy (non-hydrogen) atoms. The van der Waals surface area contributed by atoms with Crippen LogP contribution in [0.15, 0.2) is 30.3 Å². The van der Waals surface area contributed by atoms with Crippen molar-refractivity contribution >= 4 is 15.9 Å². The number of para-hydroxylation sites is 1. The van der Waals surface area contributed by atoms with Gasteiger partial charge in [-0.1, -0.05) is 34.1 Å². The molecule has 0 unspecified atom stereocenters. The molecule has 0 aliphatic carbocycles. The number of ether oxygens (including phenoxy) is 1. The topological polar surface area (TPSA) is 29.5 Å². The van der Waals surface area contributed by atoms with Gasteiger partial charge in [-0.15, -0.1) is 0 Å². The van der Waals surface area contributed by atoms with Gasteiger partial charge in [0.25, 0.3) is 0 Å². The van der Waals surface area contributed by atoms with E-state index in [-0.39, 0.29) is 0 Å². The molecule has 0 aliphatic rings. The van der Waals surface area contributed by atoms with Crippen LogP contribution in [0.3, 0.4) is 0 Å². The van der Waals surface area contributed by atoms with Crippen LogP contribution in [0.1, 0.15) is 0 Å². The largest absolute Gasteiger partial charge is 0.491 e. The van der Waals surface area contributed by atoms with Gasteiger partial charge in [-0.3, -0.25) is 0 Å². The van der Waals surface area contributed by atoms with Crippen LogP contribution in [0.25, 0.3) is 0 Å². The summed E-state index contributed by atoms with van der Waals surface area (Å²) < 4.78 is 5.28. The Morgan fingerprint density at radius 1 is 1.33 bits per heavy atom. The van der Waals surface area contributed by atoms with Crippen molar-refractivity contribution in [2.75, 3.05) is 11.9 Å². The third kappa shape index (κ3) is 3.24. The van der Waals surface area contributed by atoms with E-state index in [0.29, 0.717) is 11.9 Å². The SMILES string of the molecule is O[C@H](CBr)COc1ccccc1. The third-order valence-corrected chi connectivity index (χ3v) is 2.11. The van der Waals surface area contributed by atoms with Gasteiger partial charge < -0.3 is 9.84 Å². The Morgan fingerprint density at radius 2 is 2.00 bits per heavy atom. The first kappa shape index (κ1) is 9.55. The molecular formula is C9H11BrO2. The maximum absolute atomic E-state index is 9.15. The van der Waals surface area contributed by atoms with Crippen molar-refractivity contribution in [2.24, 2.45) is 0 Å². The number of hydrogen-bond acceptors (Lipinski definition) is 2. The standard InChI is InChI=1S/C9H11BrO2/c10-6-8(11)7-12-9-4-2-1-3-5-9/h1-5,8,11H,6-7H2/t8-/m1/s1. The molecule has 0 fully saturated rings. The molecule has 1 N–H and O–H groups in total. The molecule has 1 atom stereocenters. The Balaban J connectivity index is 2.33. The summed E-state index contributed by atoms with van der Waals surface area (Å²) in [5.41, 5.74) is 0. The van der Waals surface area contributed by atoms with E-state index in [1.54, 1.807) is 0 Å². The van der Waals surface area contributed by atoms with E-state index in [4.69, 9.17) is 9.84 Å². The lowest BCUT2D eigenvalue weighted by Crippen LogP contribution is -2.18. The molecule has 1 aromatic rings. The van der Waals surface area contributed by atoms with Crippen LogP contribution in [-0.4, -0.2) is 23.1 Å². The van der Waals surface area contributed by atoms with E-state index in [9.17, 15) is 0 Å². The molecular weight excluding hydrogens is 220 g/mol. The number of halogens is 1. The number of rotatable bonds is 4. The van der Waals surface area contributed by atoms with Gasteiger partial charge in [0.15, 0.2) is 0 Å². The van der Waals surface area contributed by atoms with Crippen molar-refractivity contribution < 1.29 is 9.84 Å². The highest BCUT2D eigenvalue weighted by atomic mass is 79.9. The zero-order chi connectivity index (χ0) is 8.81. The zero-order valence-corrected chi connectivity index (χ0v) is 8.20. The summed E-state index contributed by atoms with van der Waals surface area (Å²) in [6.45, 7) is 0.329. The summed E-state index contributed by atoms with van der Waals surface area (Å²) in [5.74, 6) is 0.789. The van der Waals surface area contributed by atoms with Crippen LogP contribution < -0.4 is 4.74 Å². The Morgan fingerprint density at radius 3 is 2.58 bits per heavy atom. The van der Waals surface area contributed by atoms with Gasteiger partial charge in [-0.2, -0.15) is 0 Å². The highest BCUT2D eigenvalue weighted by molar-refractivity contribution is 9.09. The number of alkyl halides is 1. The van der Waals surface area contributed by atoms with Crippen molar-refractivity contribution in [3.05, 3.63) is 30.3 Å². The molecule has 0 aliphatic heterocycles. The van der Waals surface area contributed by atoms with E-state index < -0.39 is 6.10 Å². The van der Waals surface area contributed by atoms with Gasteiger partial charge in [0.05, 0.1) is 6.10 Å². The van der Waals surface area contributed by atoms with E-state index in [1.807, 2.05) is 30.3 Å². The second-order valence-electron chi connectivity index (χ2n) is 2.43. The van der Waals surface area contributed by atoms with Crippen molar-refractivity contribution in [1.82, 2.24) is 0 Å². The van der Waals surface area contributed by atoms with Gasteiger partial charge >= 0.3 is 0 Å². The molecule has 0 saturated heterocycles. The van der Waals surface area contributed by atoms with Crippen molar-refractivity contribution in [2.45, 2.75) is 6.10 Å². The first-order valence-corrected chi connectivity index (χ1v) is 4.87. The van der Waals surface area contributed by atoms with Crippen LogP contribution in [0, 0.1) is 0 Å². The number of aliphatic hydroxyl groups excluding tert-OH is 1. The molecule has 0 saturated carbocycles. The quantitative estimate of drug-likeness (QED) is 0.801. The van der Waals surface area contributed by atoms with Crippen LogP contribution >= 0.6 is 15.9 Å². The highest BCUT2D eigenvalue weighted by Gasteiger charge is 2.01. The second-order valence-corrected chi connectivity index (χ2v) is 3.08. The fourth-order valence-corrected chi connectivity index (χ4v) is 0.941. The maximum Gasteiger partial charge on any atom is 0.119 e. The highest BCUT2D eigenvalue weighted by Crippen LogP contribution is 2.08. The molecule has 66 valence electrons. The predicted molar refractivity (Wildman–Crippen MR) is 51.7 cm³/mol. The summed E-state index contributed by atoms with van der Waals surface area (Å²) in [4.78, 5) is 0. The minimum Gasteiger partial charge on any atom is -0.491 e. The number of aliphatic hydroxyl groups is 1. The summed E-state index contributed by atoms with van der Waals surface area (Å²) in [7, 11) is 0. The van der Waals surface area contributed by atoms with Crippen LogP contribution in [-0.2, 0) is 0 Å². The monoisotopic (exact) mass is 230 g/mol. The zero-order valence-electron chi connectivity index (χ0n) is 6.61. The van der Waals surface area contributed by atoms with E-state index in [2.05, 4.69) is 15.9 Å². The normalized spacial score (nSPS) is 12.5. The third-order valence-electron chi connectivity index (χ3n) is 1.36. The van der Waals surface area contributed by atoms with Gasteiger partial charge in [0.1, 0.15) is 12.4 Å². The predicted octanol–water partition coefficient (Wildman–Crippen LogP) is 1.82. The van der Waals surface area contributed by atoms with Gasteiger partial charge in [0.2, 0.25) is 0 Å². The Labute approximate surface area is 80.3 Å². The van der Waals surface area contributed by atoms with E-state index in [1.165, 1.54) is 0 Å². The van der Waals surface area contributed by atoms with Gasteiger partial charge in [0, 0.05) is 5.33 Å². The Hall–Kier alpha value is -0.540. The van der Waals surface area contributed by atoms with Crippen molar-refractivity contribution in [3.8, 4) is 5.75 Å². The first-order chi connectivity index (χ1) is 5.83. The fraction of sp³-hybridized carbons (Fsp3) is 0.333. The molecule has 0 aromatic heterocycles. The lowest BCUT2D eigenvalue weighted by atomic mass is 10.3. The molecule has 0 amide bonds. The Kier molecular flexibility index (Phi) is 4.11. The average Bonchev–Trinajstić information content (AvgIpc) is 2.16. The molecule has 0 radical (unpaired) electrons. The number of benzene rings is 1. The second kappa shape index (κ2) is 5.17. The minimum absolute atomic E-state index is 0.329. The summed E-state index contributed by atoms with van der Waals surface area (Å²) >= 11 is 3.16. The van der Waals surface area contributed by atoms with Crippen molar-refractivity contribution in [1.29, 1.82) is 0 Å². The number of hydrogen-bond donors (Lipinski definition) is 1. The summed E-state index contributed by atoms with van der Waals surface area (Å²) in [6, 6.07) is 9.45. The maximum atomic E-state index is 9.15. The summed E-state index contributed by atoms with van der Waals surface area (Å²) in [6.07, 6.45) is -0.440. The molecule has 0 bridgehead atoms. The first-order valence-electron chi connectivity index (χ1n) is 3.75. The molecule has 1 rings (SSSR count). The molecule has 2 nitrogen and oxygen atoms in total. The smallest absolute Gasteiger partial charge is 0.119 e.